The van der Waals surface area contributed by atoms with Crippen molar-refractivity contribution in [2.24, 2.45) is 0 Å². The molecule has 0 heterocycles. The van der Waals surface area contributed by atoms with Crippen LogP contribution >= 0.6 is 0 Å². The Bertz CT molecular complexity index is 451. The topological polar surface area (TPSA) is 18.5 Å². The van der Waals surface area contributed by atoms with Gasteiger partial charge in [-0.3, -0.25) is 0 Å². The zero-order chi connectivity index (χ0) is 30.4. The van der Waals surface area contributed by atoms with Gasteiger partial charge in [0, 0.05) is 19.8 Å². The van der Waals surface area contributed by atoms with Crippen LogP contribution in [-0.2, 0) is 9.47 Å². The second-order valence-electron chi connectivity index (χ2n) is 13.7. The van der Waals surface area contributed by atoms with E-state index in [1.807, 2.05) is 0 Å². The van der Waals surface area contributed by atoms with Gasteiger partial charge in [-0.1, -0.05) is 206 Å². The van der Waals surface area contributed by atoms with Crippen molar-refractivity contribution in [3.63, 3.8) is 0 Å². The molecule has 2 heteroatoms. The Balaban J connectivity index is 3.13. The molecule has 0 rings (SSSR count). The molecule has 0 saturated carbocycles. The third kappa shape index (κ3) is 37.9. The van der Waals surface area contributed by atoms with Crippen molar-refractivity contribution in [2.45, 2.75) is 239 Å². The Labute approximate surface area is 267 Å². The van der Waals surface area contributed by atoms with Gasteiger partial charge in [0.25, 0.3) is 0 Å². The molecule has 2 nitrogen and oxygen atoms in total. The van der Waals surface area contributed by atoms with Gasteiger partial charge in [-0.15, -0.1) is 0 Å². The highest BCUT2D eigenvalue weighted by atomic mass is 16.5. The molecule has 0 saturated heterocycles. The van der Waals surface area contributed by atoms with Crippen molar-refractivity contribution in [3.05, 3.63) is 0 Å². The van der Waals surface area contributed by atoms with Gasteiger partial charge in [-0.2, -0.15) is 0 Å². The quantitative estimate of drug-likeness (QED) is 0.0662. The van der Waals surface area contributed by atoms with Gasteiger partial charge < -0.3 is 9.47 Å². The predicted molar refractivity (Wildman–Crippen MR) is 190 cm³/mol. The van der Waals surface area contributed by atoms with Crippen LogP contribution in [0.4, 0.5) is 0 Å². The lowest BCUT2D eigenvalue weighted by atomic mass is 10.0. The van der Waals surface area contributed by atoms with E-state index in [2.05, 4.69) is 20.8 Å². The van der Waals surface area contributed by atoms with Crippen molar-refractivity contribution >= 4 is 0 Å². The molecule has 0 aliphatic rings. The summed E-state index contributed by atoms with van der Waals surface area (Å²) in [4.78, 5) is 0. The zero-order valence-electron chi connectivity index (χ0n) is 29.8. The maximum Gasteiger partial charge on any atom is 0.0568 e. The van der Waals surface area contributed by atoms with Crippen molar-refractivity contribution in [2.75, 3.05) is 19.8 Å². The SMILES string of the molecule is CCCCCCCCCCCCCCCCCCOCCC(C)OCCCCCCCCCCCCCCCCCC. The van der Waals surface area contributed by atoms with Crippen LogP contribution in [0.1, 0.15) is 233 Å². The lowest BCUT2D eigenvalue weighted by Crippen LogP contribution is -2.12. The molecule has 0 amide bonds. The fourth-order valence-corrected chi connectivity index (χ4v) is 6.12. The van der Waals surface area contributed by atoms with Gasteiger partial charge in [0.2, 0.25) is 0 Å². The fourth-order valence-electron chi connectivity index (χ4n) is 6.12. The Morgan fingerprint density at radius 1 is 0.310 bits per heavy atom. The summed E-state index contributed by atoms with van der Waals surface area (Å²) in [5.41, 5.74) is 0. The third-order valence-corrected chi connectivity index (χ3v) is 9.21. The van der Waals surface area contributed by atoms with E-state index in [-0.39, 0.29) is 0 Å². The summed E-state index contributed by atoms with van der Waals surface area (Å²) in [6.45, 7) is 9.54. The second kappa shape index (κ2) is 38.9. The summed E-state index contributed by atoms with van der Waals surface area (Å²) in [6.07, 6.45) is 46.9. The average Bonchev–Trinajstić information content (AvgIpc) is 3.00. The predicted octanol–water partition coefficient (Wildman–Crippen LogP) is 14.3. The minimum atomic E-state index is 0.340. The molecule has 1 unspecified atom stereocenters. The summed E-state index contributed by atoms with van der Waals surface area (Å²) in [5.74, 6) is 0. The number of rotatable bonds is 38. The van der Waals surface area contributed by atoms with Crippen LogP contribution in [-0.4, -0.2) is 25.9 Å². The molecule has 0 aliphatic heterocycles. The van der Waals surface area contributed by atoms with Gasteiger partial charge in [-0.25, -0.2) is 0 Å². The summed E-state index contributed by atoms with van der Waals surface area (Å²) >= 11 is 0. The van der Waals surface area contributed by atoms with Crippen molar-refractivity contribution < 1.29 is 9.47 Å². The third-order valence-electron chi connectivity index (χ3n) is 9.21. The van der Waals surface area contributed by atoms with Gasteiger partial charge >= 0.3 is 0 Å². The first-order valence-electron chi connectivity index (χ1n) is 20.0. The molecule has 0 aromatic carbocycles. The minimum Gasteiger partial charge on any atom is -0.381 e. The summed E-state index contributed by atoms with van der Waals surface area (Å²) in [7, 11) is 0. The van der Waals surface area contributed by atoms with Gasteiger partial charge in [0.05, 0.1) is 6.10 Å². The molecule has 42 heavy (non-hydrogen) atoms. The van der Waals surface area contributed by atoms with Crippen LogP contribution in [0, 0.1) is 0 Å². The van der Waals surface area contributed by atoms with Crippen LogP contribution in [0.2, 0.25) is 0 Å². The van der Waals surface area contributed by atoms with Crippen molar-refractivity contribution in [1.29, 1.82) is 0 Å². The van der Waals surface area contributed by atoms with E-state index in [0.717, 1.165) is 26.2 Å². The summed E-state index contributed by atoms with van der Waals surface area (Å²) in [5, 5.41) is 0. The van der Waals surface area contributed by atoms with Crippen molar-refractivity contribution in [1.82, 2.24) is 0 Å². The van der Waals surface area contributed by atoms with Gasteiger partial charge in [-0.05, 0) is 26.2 Å². The lowest BCUT2D eigenvalue weighted by molar-refractivity contribution is 0.0291. The Hall–Kier alpha value is -0.0800. The molecule has 0 aromatic rings. The van der Waals surface area contributed by atoms with E-state index in [1.165, 1.54) is 205 Å². The van der Waals surface area contributed by atoms with Crippen LogP contribution in [0.3, 0.4) is 0 Å². The van der Waals surface area contributed by atoms with Gasteiger partial charge in [0.15, 0.2) is 0 Å². The van der Waals surface area contributed by atoms with E-state index >= 15 is 0 Å². The normalized spacial score (nSPS) is 12.4. The highest BCUT2D eigenvalue weighted by Gasteiger charge is 2.02. The van der Waals surface area contributed by atoms with E-state index in [1.54, 1.807) is 0 Å². The van der Waals surface area contributed by atoms with E-state index in [9.17, 15) is 0 Å². The fraction of sp³-hybridized carbons (Fsp3) is 1.00. The second-order valence-corrected chi connectivity index (χ2v) is 13.7. The first-order valence-corrected chi connectivity index (χ1v) is 20.0. The van der Waals surface area contributed by atoms with Crippen molar-refractivity contribution in [3.8, 4) is 0 Å². The molecular weight excluding hydrogens is 512 g/mol. The van der Waals surface area contributed by atoms with E-state index in [4.69, 9.17) is 9.47 Å². The smallest absolute Gasteiger partial charge is 0.0568 e. The first-order chi connectivity index (χ1) is 20.8. The lowest BCUT2D eigenvalue weighted by Gasteiger charge is -2.13. The molecule has 0 aromatic heterocycles. The Morgan fingerprint density at radius 3 is 0.881 bits per heavy atom. The molecule has 0 bridgehead atoms. The minimum absolute atomic E-state index is 0.340. The number of unbranched alkanes of at least 4 members (excludes halogenated alkanes) is 30. The summed E-state index contributed by atoms with van der Waals surface area (Å²) in [6, 6.07) is 0. The molecule has 254 valence electrons. The molecular formula is C40H82O2. The number of ether oxygens (including phenoxy) is 2. The van der Waals surface area contributed by atoms with Gasteiger partial charge in [0.1, 0.15) is 0 Å². The van der Waals surface area contributed by atoms with E-state index in [0.29, 0.717) is 6.10 Å². The monoisotopic (exact) mass is 595 g/mol. The number of hydrogen-bond donors (Lipinski definition) is 0. The maximum absolute atomic E-state index is 6.02. The standard InChI is InChI=1S/C40H82O2/c1-4-6-8-10-12-14-16-18-20-22-24-26-28-30-32-34-37-41-39-36-40(3)42-38-35-33-31-29-27-25-23-21-19-17-15-13-11-9-7-5-2/h40H,4-39H2,1-3H3. The van der Waals surface area contributed by atoms with Crippen LogP contribution in [0.5, 0.6) is 0 Å². The molecule has 0 spiro atoms. The van der Waals surface area contributed by atoms with Crippen LogP contribution in [0.15, 0.2) is 0 Å². The Morgan fingerprint density at radius 2 is 0.571 bits per heavy atom. The molecule has 0 aliphatic carbocycles. The van der Waals surface area contributed by atoms with Crippen LogP contribution in [0.25, 0.3) is 0 Å². The zero-order valence-corrected chi connectivity index (χ0v) is 29.8. The molecule has 1 atom stereocenters. The maximum atomic E-state index is 6.02. The summed E-state index contributed by atoms with van der Waals surface area (Å²) < 4.78 is 11.9. The molecule has 0 N–H and O–H groups in total. The average molecular weight is 595 g/mol. The number of hydrogen-bond acceptors (Lipinski definition) is 2. The highest BCUT2D eigenvalue weighted by Crippen LogP contribution is 2.15. The highest BCUT2D eigenvalue weighted by molar-refractivity contribution is 4.53. The van der Waals surface area contributed by atoms with E-state index < -0.39 is 0 Å². The Kier molecular flexibility index (Phi) is 38.9. The largest absolute Gasteiger partial charge is 0.381 e. The molecule has 0 radical (unpaired) electrons. The van der Waals surface area contributed by atoms with Crippen LogP contribution < -0.4 is 0 Å². The first kappa shape index (κ1) is 41.9. The molecule has 0 fully saturated rings.